The fraction of sp³-hybridized carbons (Fsp3) is 0. The van der Waals surface area contributed by atoms with Crippen molar-refractivity contribution in [3.05, 3.63) is 127 Å². The lowest BCUT2D eigenvalue weighted by Crippen LogP contribution is -1.83. The minimum absolute atomic E-state index is 0.217. The molecule has 0 spiro atoms. The van der Waals surface area contributed by atoms with Crippen LogP contribution < -0.4 is 0 Å². The average molecular weight is 458 g/mol. The third-order valence-electron chi connectivity index (χ3n) is 6.02. The Kier molecular flexibility index (Phi) is 5.25. The number of benzene rings is 5. The molecular weight excluding hydrogens is 437 g/mol. The second-order valence-electron chi connectivity index (χ2n) is 8.23. The largest absolute Gasteiger partial charge is 0.236 e. The topological polar surface area (TPSA) is 12.9 Å². The van der Waals surface area contributed by atoms with Crippen molar-refractivity contribution in [2.45, 2.75) is 0 Å². The van der Waals surface area contributed by atoms with Gasteiger partial charge in [-0.2, -0.15) is 0 Å². The second-order valence-corrected chi connectivity index (χ2v) is 9.26. The Hall–Kier alpha value is -4.08. The van der Waals surface area contributed by atoms with E-state index in [2.05, 4.69) is 91.0 Å². The van der Waals surface area contributed by atoms with Gasteiger partial charge in [0.1, 0.15) is 10.8 Å². The van der Waals surface area contributed by atoms with Gasteiger partial charge in [0.15, 0.2) is 0 Å². The van der Waals surface area contributed by atoms with Crippen molar-refractivity contribution in [1.29, 1.82) is 0 Å². The summed E-state index contributed by atoms with van der Waals surface area (Å²) < 4.78 is 14.4. The SMILES string of the molecule is Fc1ccc(-c2ccc(-c3ccc(-c4cccc(-c5nc6ccccc6s5)c4)cc3)cc2)cc1. The maximum absolute atomic E-state index is 13.2. The molecule has 0 atom stereocenters. The van der Waals surface area contributed by atoms with Gasteiger partial charge in [0, 0.05) is 5.56 Å². The summed E-state index contributed by atoms with van der Waals surface area (Å²) in [5.41, 5.74) is 8.94. The van der Waals surface area contributed by atoms with E-state index in [1.54, 1.807) is 11.3 Å². The molecule has 0 bridgehead atoms. The highest BCUT2D eigenvalue weighted by Gasteiger charge is 2.08. The van der Waals surface area contributed by atoms with E-state index in [9.17, 15) is 4.39 Å². The number of hydrogen-bond donors (Lipinski definition) is 0. The summed E-state index contributed by atoms with van der Waals surface area (Å²) in [4.78, 5) is 4.80. The standard InChI is InChI=1S/C31H20FNS/c32-28-18-16-24(17-19-28)23-10-8-21(9-11-23)22-12-14-25(15-13-22)26-4-3-5-27(20-26)31-33-29-6-1-2-7-30(29)34-31/h1-20H. The van der Waals surface area contributed by atoms with Gasteiger partial charge in [-0.05, 0) is 63.7 Å². The first-order chi connectivity index (χ1) is 16.7. The van der Waals surface area contributed by atoms with Gasteiger partial charge in [0.25, 0.3) is 0 Å². The molecule has 0 aliphatic carbocycles. The summed E-state index contributed by atoms with van der Waals surface area (Å²) in [7, 11) is 0. The molecule has 0 aliphatic rings. The lowest BCUT2D eigenvalue weighted by atomic mass is 9.97. The zero-order chi connectivity index (χ0) is 22.9. The van der Waals surface area contributed by atoms with E-state index >= 15 is 0 Å². The number of hydrogen-bond acceptors (Lipinski definition) is 2. The van der Waals surface area contributed by atoms with Crippen molar-refractivity contribution >= 4 is 21.6 Å². The van der Waals surface area contributed by atoms with Crippen molar-refractivity contribution in [2.75, 3.05) is 0 Å². The molecule has 0 amide bonds. The molecule has 1 heterocycles. The van der Waals surface area contributed by atoms with Gasteiger partial charge in [-0.1, -0.05) is 91.0 Å². The van der Waals surface area contributed by atoms with Crippen LogP contribution in [0.3, 0.4) is 0 Å². The van der Waals surface area contributed by atoms with Crippen LogP contribution in [0.2, 0.25) is 0 Å². The fourth-order valence-electron chi connectivity index (χ4n) is 4.18. The van der Waals surface area contributed by atoms with Gasteiger partial charge in [0.2, 0.25) is 0 Å². The summed E-state index contributed by atoms with van der Waals surface area (Å²) in [5, 5.41) is 1.04. The number of para-hydroxylation sites is 1. The molecule has 3 heteroatoms. The van der Waals surface area contributed by atoms with Gasteiger partial charge in [0.05, 0.1) is 10.2 Å². The van der Waals surface area contributed by atoms with Crippen molar-refractivity contribution < 1.29 is 4.39 Å². The van der Waals surface area contributed by atoms with Gasteiger partial charge in [-0.25, -0.2) is 9.37 Å². The monoisotopic (exact) mass is 457 g/mol. The first kappa shape index (κ1) is 20.5. The Labute approximate surface area is 201 Å². The third-order valence-corrected chi connectivity index (χ3v) is 7.10. The van der Waals surface area contributed by atoms with Crippen LogP contribution in [0.25, 0.3) is 54.2 Å². The molecule has 1 aromatic heterocycles. The maximum Gasteiger partial charge on any atom is 0.124 e. The number of aromatic nitrogens is 1. The molecule has 0 aliphatic heterocycles. The smallest absolute Gasteiger partial charge is 0.124 e. The first-order valence-electron chi connectivity index (χ1n) is 11.2. The predicted octanol–water partition coefficient (Wildman–Crippen LogP) is 9.10. The molecule has 5 aromatic carbocycles. The lowest BCUT2D eigenvalue weighted by molar-refractivity contribution is 0.628. The van der Waals surface area contributed by atoms with E-state index in [1.807, 2.05) is 18.2 Å². The second kappa shape index (κ2) is 8.69. The third kappa shape index (κ3) is 4.02. The van der Waals surface area contributed by atoms with Crippen LogP contribution in [0.1, 0.15) is 0 Å². The van der Waals surface area contributed by atoms with Gasteiger partial charge >= 0.3 is 0 Å². The van der Waals surface area contributed by atoms with Crippen LogP contribution in [-0.2, 0) is 0 Å². The summed E-state index contributed by atoms with van der Waals surface area (Å²) in [6.07, 6.45) is 0. The predicted molar refractivity (Wildman–Crippen MR) is 141 cm³/mol. The molecule has 34 heavy (non-hydrogen) atoms. The van der Waals surface area contributed by atoms with E-state index in [0.29, 0.717) is 0 Å². The summed E-state index contributed by atoms with van der Waals surface area (Å²) >= 11 is 1.72. The quantitative estimate of drug-likeness (QED) is 0.257. The lowest BCUT2D eigenvalue weighted by Gasteiger charge is -2.08. The molecule has 6 rings (SSSR count). The van der Waals surface area contributed by atoms with Crippen LogP contribution in [0, 0.1) is 5.82 Å². The number of fused-ring (bicyclic) bond motifs is 1. The molecule has 0 radical (unpaired) electrons. The fourth-order valence-corrected chi connectivity index (χ4v) is 5.14. The molecule has 162 valence electrons. The van der Waals surface area contributed by atoms with E-state index in [4.69, 9.17) is 4.98 Å². The molecule has 0 saturated heterocycles. The number of halogens is 1. The first-order valence-corrected chi connectivity index (χ1v) is 12.0. The van der Waals surface area contributed by atoms with Crippen LogP contribution in [-0.4, -0.2) is 4.98 Å². The zero-order valence-corrected chi connectivity index (χ0v) is 19.1. The highest BCUT2D eigenvalue weighted by atomic mass is 32.1. The van der Waals surface area contributed by atoms with Crippen molar-refractivity contribution in [3.8, 4) is 44.0 Å². The summed E-state index contributed by atoms with van der Waals surface area (Å²) in [5.74, 6) is -0.217. The Morgan fingerprint density at radius 2 is 0.971 bits per heavy atom. The molecule has 6 aromatic rings. The van der Waals surface area contributed by atoms with Crippen LogP contribution in [0.15, 0.2) is 121 Å². The number of rotatable bonds is 4. The average Bonchev–Trinajstić information content (AvgIpc) is 3.34. The molecule has 1 nitrogen and oxygen atoms in total. The molecule has 0 saturated carbocycles. The number of thiazole rings is 1. The minimum Gasteiger partial charge on any atom is -0.236 e. The normalized spacial score (nSPS) is 11.1. The molecule has 0 fully saturated rings. The van der Waals surface area contributed by atoms with Crippen LogP contribution in [0.4, 0.5) is 4.39 Å². The highest BCUT2D eigenvalue weighted by molar-refractivity contribution is 7.21. The Morgan fingerprint density at radius 1 is 0.471 bits per heavy atom. The molecular formula is C31H20FNS. The summed E-state index contributed by atoms with van der Waals surface area (Å²) in [6.45, 7) is 0. The van der Waals surface area contributed by atoms with Gasteiger partial charge < -0.3 is 0 Å². The van der Waals surface area contributed by atoms with E-state index in [-0.39, 0.29) is 5.82 Å². The maximum atomic E-state index is 13.2. The number of nitrogens with zero attached hydrogens (tertiary/aromatic N) is 1. The van der Waals surface area contributed by atoms with E-state index in [0.717, 1.165) is 38.3 Å². The summed E-state index contributed by atoms with van der Waals surface area (Å²) in [6, 6.07) is 40.5. The van der Waals surface area contributed by atoms with Crippen molar-refractivity contribution in [1.82, 2.24) is 4.98 Å². The molecule has 0 unspecified atom stereocenters. The van der Waals surface area contributed by atoms with E-state index < -0.39 is 0 Å². The van der Waals surface area contributed by atoms with Crippen LogP contribution >= 0.6 is 11.3 Å². The van der Waals surface area contributed by atoms with Gasteiger partial charge in [-0.15, -0.1) is 11.3 Å². The van der Waals surface area contributed by atoms with Crippen LogP contribution in [0.5, 0.6) is 0 Å². The van der Waals surface area contributed by atoms with Crippen molar-refractivity contribution in [2.24, 2.45) is 0 Å². The van der Waals surface area contributed by atoms with Crippen molar-refractivity contribution in [3.63, 3.8) is 0 Å². The minimum atomic E-state index is -0.217. The van der Waals surface area contributed by atoms with Gasteiger partial charge in [-0.3, -0.25) is 0 Å². The highest BCUT2D eigenvalue weighted by Crippen LogP contribution is 2.33. The van der Waals surface area contributed by atoms with E-state index in [1.165, 1.54) is 28.0 Å². The Morgan fingerprint density at radius 3 is 1.56 bits per heavy atom. The Bertz CT molecular complexity index is 1550. The molecule has 0 N–H and O–H groups in total. The zero-order valence-electron chi connectivity index (χ0n) is 18.3. The Balaban J connectivity index is 1.25.